The fourth-order valence-electron chi connectivity index (χ4n) is 4.31. The van der Waals surface area contributed by atoms with Crippen LogP contribution in [0.1, 0.15) is 37.7 Å². The molecule has 0 spiro atoms. The Morgan fingerprint density at radius 2 is 1.92 bits per heavy atom. The van der Waals surface area contributed by atoms with Gasteiger partial charge in [-0.15, -0.1) is 0 Å². The number of hydrogen-bond donors (Lipinski definition) is 7. The summed E-state index contributed by atoms with van der Waals surface area (Å²) in [5.41, 5.74) is 16.7. The highest BCUT2D eigenvalue weighted by atomic mass is 32.2. The second-order valence-electron chi connectivity index (χ2n) is 9.47. The third-order valence-electron chi connectivity index (χ3n) is 6.17. The van der Waals surface area contributed by atoms with Crippen molar-refractivity contribution in [2.75, 3.05) is 26.2 Å². The maximum absolute atomic E-state index is 13.1. The molecule has 0 aromatic heterocycles. The van der Waals surface area contributed by atoms with Crippen LogP contribution in [0.15, 0.2) is 35.3 Å². The van der Waals surface area contributed by atoms with E-state index in [1.54, 1.807) is 35.2 Å². The van der Waals surface area contributed by atoms with Gasteiger partial charge in [0, 0.05) is 19.6 Å². The van der Waals surface area contributed by atoms with Crippen molar-refractivity contribution in [3.63, 3.8) is 0 Å². The van der Waals surface area contributed by atoms with E-state index in [1.807, 2.05) is 0 Å². The molecule has 0 radical (unpaired) electrons. The highest BCUT2D eigenvalue weighted by molar-refractivity contribution is 7.88. The molecule has 0 bridgehead atoms. The number of rotatable bonds is 15. The Balaban J connectivity index is 2.02. The number of benzene rings is 1. The number of piperidine rings is 1. The molecule has 15 heteroatoms. The van der Waals surface area contributed by atoms with Gasteiger partial charge >= 0.3 is 0 Å². The number of carbonyl (C=O) groups excluding carboxylic acids is 3. The zero-order chi connectivity index (χ0) is 28.8. The summed E-state index contributed by atoms with van der Waals surface area (Å²) < 4.78 is 28.3. The first-order chi connectivity index (χ1) is 18.5. The summed E-state index contributed by atoms with van der Waals surface area (Å²) in [6, 6.07) is 6.62. The van der Waals surface area contributed by atoms with Crippen LogP contribution in [0.2, 0.25) is 0 Å². The molecule has 14 nitrogen and oxygen atoms in total. The summed E-state index contributed by atoms with van der Waals surface area (Å²) in [6.45, 7) is 0.887. The van der Waals surface area contributed by atoms with Gasteiger partial charge in [0.2, 0.25) is 21.8 Å². The molecule has 1 aliphatic rings. The Kier molecular flexibility index (Phi) is 12.6. The van der Waals surface area contributed by atoms with E-state index in [9.17, 15) is 22.8 Å². The first-order valence-corrected chi connectivity index (χ1v) is 14.3. The minimum absolute atomic E-state index is 0.0689. The molecule has 0 saturated carbocycles. The van der Waals surface area contributed by atoms with Crippen molar-refractivity contribution in [1.82, 2.24) is 20.3 Å². The second kappa shape index (κ2) is 15.6. The van der Waals surface area contributed by atoms with Gasteiger partial charge in [0.1, 0.15) is 12.3 Å². The van der Waals surface area contributed by atoms with E-state index < -0.39 is 40.5 Å². The molecule has 1 fully saturated rings. The highest BCUT2D eigenvalue weighted by Gasteiger charge is 2.30. The smallest absolute Gasteiger partial charge is 0.239 e. The minimum atomic E-state index is -3.91. The van der Waals surface area contributed by atoms with Crippen LogP contribution in [-0.2, 0) is 30.2 Å². The van der Waals surface area contributed by atoms with Gasteiger partial charge in [0.15, 0.2) is 11.9 Å². The van der Waals surface area contributed by atoms with Crippen LogP contribution in [-0.4, -0.2) is 81.6 Å². The Hall–Kier alpha value is -3.72. The van der Waals surface area contributed by atoms with Crippen molar-refractivity contribution in [2.24, 2.45) is 28.1 Å². The van der Waals surface area contributed by atoms with Gasteiger partial charge in [-0.3, -0.25) is 20.0 Å². The van der Waals surface area contributed by atoms with E-state index in [2.05, 4.69) is 20.3 Å². The lowest BCUT2D eigenvalue weighted by atomic mass is 9.91. The van der Waals surface area contributed by atoms with Crippen molar-refractivity contribution in [3.05, 3.63) is 35.9 Å². The van der Waals surface area contributed by atoms with Crippen molar-refractivity contribution < 1.29 is 22.8 Å². The molecule has 216 valence electrons. The summed E-state index contributed by atoms with van der Waals surface area (Å²) in [5, 5.41) is 12.7. The lowest BCUT2D eigenvalue weighted by Crippen LogP contribution is -2.52. The van der Waals surface area contributed by atoms with E-state index in [-0.39, 0.29) is 30.0 Å². The van der Waals surface area contributed by atoms with E-state index >= 15 is 0 Å². The van der Waals surface area contributed by atoms with Crippen LogP contribution < -0.4 is 32.6 Å². The average molecular weight is 566 g/mol. The number of guanidine groups is 2. The number of aldehydes is 1. The van der Waals surface area contributed by atoms with Gasteiger partial charge in [0.05, 0.1) is 18.3 Å². The van der Waals surface area contributed by atoms with Gasteiger partial charge < -0.3 is 37.5 Å². The average Bonchev–Trinajstić information content (AvgIpc) is 2.88. The van der Waals surface area contributed by atoms with Crippen LogP contribution in [0.3, 0.4) is 0 Å². The quantitative estimate of drug-likeness (QED) is 0.0555. The van der Waals surface area contributed by atoms with Crippen LogP contribution in [0.5, 0.6) is 0 Å². The van der Waals surface area contributed by atoms with Crippen LogP contribution in [0, 0.1) is 11.3 Å². The third-order valence-corrected chi connectivity index (χ3v) is 7.52. The first-order valence-electron chi connectivity index (χ1n) is 12.7. The Bertz CT molecular complexity index is 1110. The van der Waals surface area contributed by atoms with E-state index in [0.717, 1.165) is 12.8 Å². The molecule has 1 aromatic rings. The van der Waals surface area contributed by atoms with Crippen LogP contribution >= 0.6 is 0 Å². The predicted molar refractivity (Wildman–Crippen MR) is 148 cm³/mol. The summed E-state index contributed by atoms with van der Waals surface area (Å²) in [5.74, 6) is -1.84. The summed E-state index contributed by atoms with van der Waals surface area (Å²) in [7, 11) is -3.91. The molecular weight excluding hydrogens is 526 g/mol. The molecular formula is C24H39N9O5S. The molecule has 10 N–H and O–H groups in total. The zero-order valence-corrected chi connectivity index (χ0v) is 22.7. The highest BCUT2D eigenvalue weighted by Crippen LogP contribution is 2.21. The van der Waals surface area contributed by atoms with Crippen molar-refractivity contribution in [2.45, 2.75) is 49.9 Å². The van der Waals surface area contributed by atoms with Gasteiger partial charge in [-0.2, -0.15) is 0 Å². The number of nitrogens with zero attached hydrogens (tertiary/aromatic N) is 2. The second-order valence-corrected chi connectivity index (χ2v) is 11.2. The molecule has 0 aliphatic carbocycles. The van der Waals surface area contributed by atoms with Gasteiger partial charge in [-0.1, -0.05) is 30.3 Å². The minimum Gasteiger partial charge on any atom is -0.370 e. The number of hydrogen-bond acceptors (Lipinski definition) is 7. The molecule has 1 heterocycles. The topological polar surface area (TPSA) is 239 Å². The van der Waals surface area contributed by atoms with E-state index in [4.69, 9.17) is 22.6 Å². The van der Waals surface area contributed by atoms with Crippen molar-refractivity contribution in [3.8, 4) is 0 Å². The summed E-state index contributed by atoms with van der Waals surface area (Å²) in [4.78, 5) is 42.3. The number of sulfonamides is 1. The fraction of sp³-hybridized carbons (Fsp3) is 0.542. The standard InChI is InChI=1S/C24H39N9O5S/c25-23(26)29-10-4-9-19(15-34)31-21(35)13-30-22(36)20(12-18-8-5-11-33(14-18)24(27)28)32-39(37,38)16-17-6-2-1-3-7-17/h1-3,6-7,15,18-20,32H,4-5,8-14,16H2,(H3,27,28)(H,30,36)(H,31,35)(H4,25,26,29)/t18?,19-,20+/m0/s1. The lowest BCUT2D eigenvalue weighted by molar-refractivity contribution is -0.128. The molecule has 1 saturated heterocycles. The fourth-order valence-corrected chi connectivity index (χ4v) is 5.66. The number of nitrogens with two attached hydrogens (primary N) is 3. The van der Waals surface area contributed by atoms with Crippen molar-refractivity contribution >= 4 is 40.0 Å². The molecule has 1 aromatic carbocycles. The van der Waals surface area contributed by atoms with Crippen LogP contribution in [0.4, 0.5) is 0 Å². The number of aliphatic imine (C=N–C) groups is 1. The number of nitrogens with one attached hydrogen (secondary N) is 4. The van der Waals surface area contributed by atoms with Crippen LogP contribution in [0.25, 0.3) is 0 Å². The van der Waals surface area contributed by atoms with E-state index in [1.165, 1.54) is 0 Å². The molecule has 39 heavy (non-hydrogen) atoms. The van der Waals surface area contributed by atoms with Gasteiger partial charge in [-0.05, 0) is 43.6 Å². The maximum Gasteiger partial charge on any atom is 0.239 e. The predicted octanol–water partition coefficient (Wildman–Crippen LogP) is -1.68. The normalized spacial score (nSPS) is 16.9. The third kappa shape index (κ3) is 12.1. The number of amides is 2. The SMILES string of the molecule is N=C(N)N1CCCC(C[C@@H](NS(=O)(=O)Cc2ccccc2)C(=O)NCC(=O)N[C@H](C=O)CCCN=C(N)N)C1. The number of carbonyl (C=O) groups is 3. The van der Waals surface area contributed by atoms with Gasteiger partial charge in [-0.25, -0.2) is 13.1 Å². The molecule has 2 amide bonds. The largest absolute Gasteiger partial charge is 0.370 e. The molecule has 2 rings (SSSR count). The molecule has 1 aliphatic heterocycles. The Morgan fingerprint density at radius 1 is 1.21 bits per heavy atom. The van der Waals surface area contributed by atoms with Crippen molar-refractivity contribution in [1.29, 1.82) is 5.41 Å². The monoisotopic (exact) mass is 565 g/mol. The lowest BCUT2D eigenvalue weighted by Gasteiger charge is -2.34. The Labute approximate surface area is 228 Å². The maximum atomic E-state index is 13.1. The zero-order valence-electron chi connectivity index (χ0n) is 21.8. The summed E-state index contributed by atoms with van der Waals surface area (Å²) >= 11 is 0. The van der Waals surface area contributed by atoms with E-state index in [0.29, 0.717) is 44.3 Å². The molecule has 3 atom stereocenters. The Morgan fingerprint density at radius 3 is 2.56 bits per heavy atom. The van der Waals surface area contributed by atoms with Gasteiger partial charge in [0.25, 0.3) is 0 Å². The summed E-state index contributed by atoms with van der Waals surface area (Å²) in [6.07, 6.45) is 2.98. The number of likely N-dealkylation sites (tertiary alicyclic amines) is 1. The first kappa shape index (κ1) is 31.5. The molecule has 1 unspecified atom stereocenters.